The van der Waals surface area contributed by atoms with E-state index in [-0.39, 0.29) is 24.6 Å². The highest BCUT2D eigenvalue weighted by atomic mass is 35.5. The minimum absolute atomic E-state index is 0.00288. The highest BCUT2D eigenvalue weighted by Crippen LogP contribution is 2.30. The molecule has 2 amide bonds. The highest BCUT2D eigenvalue weighted by Gasteiger charge is 2.30. The second kappa shape index (κ2) is 10.8. The molecule has 0 saturated heterocycles. The fourth-order valence-electron chi connectivity index (χ4n) is 2.44. The zero-order valence-electron chi connectivity index (χ0n) is 16.8. The van der Waals surface area contributed by atoms with Crippen molar-refractivity contribution in [3.05, 3.63) is 58.6 Å². The molecule has 0 aliphatic heterocycles. The number of benzene rings is 2. The largest absolute Gasteiger partial charge is 0.490 e. The number of hydrogen-bond acceptors (Lipinski definition) is 4. The lowest BCUT2D eigenvalue weighted by atomic mass is 10.2. The first-order valence-electron chi connectivity index (χ1n) is 9.30. The first-order chi connectivity index (χ1) is 14.5. The van der Waals surface area contributed by atoms with Gasteiger partial charge in [0.2, 0.25) is 11.8 Å². The van der Waals surface area contributed by atoms with Crippen LogP contribution in [-0.2, 0) is 15.8 Å². The van der Waals surface area contributed by atoms with E-state index in [2.05, 4.69) is 15.8 Å². The summed E-state index contributed by atoms with van der Waals surface area (Å²) in [5.41, 5.74) is 1.96. The summed E-state index contributed by atoms with van der Waals surface area (Å²) in [5, 5.41) is 6.63. The molecule has 2 rings (SSSR count). The first-order valence-corrected chi connectivity index (χ1v) is 9.67. The normalized spacial score (nSPS) is 11.6. The Labute approximate surface area is 182 Å². The molecule has 0 spiro atoms. The Hall–Kier alpha value is -3.07. The van der Waals surface area contributed by atoms with Crippen molar-refractivity contribution in [1.29, 1.82) is 0 Å². The minimum Gasteiger partial charge on any atom is -0.490 e. The molecule has 2 aromatic carbocycles. The molecule has 10 heteroatoms. The van der Waals surface area contributed by atoms with Crippen molar-refractivity contribution in [3.63, 3.8) is 0 Å². The molecule has 0 bridgehead atoms. The number of carbonyl (C=O) groups excluding carboxylic acids is 2. The minimum atomic E-state index is -4.51. The van der Waals surface area contributed by atoms with E-state index in [0.717, 1.165) is 12.1 Å². The predicted molar refractivity (Wildman–Crippen MR) is 112 cm³/mol. The van der Waals surface area contributed by atoms with Gasteiger partial charge in [-0.3, -0.25) is 9.59 Å². The van der Waals surface area contributed by atoms with Gasteiger partial charge in [-0.1, -0.05) is 17.7 Å². The molecular weight excluding hydrogens is 435 g/mol. The summed E-state index contributed by atoms with van der Waals surface area (Å²) >= 11 is 5.97. The number of amides is 2. The summed E-state index contributed by atoms with van der Waals surface area (Å²) in [6.07, 6.45) is -3.65. The fraction of sp³-hybridized carbons (Fsp3) is 0.286. The molecule has 0 aliphatic carbocycles. The van der Waals surface area contributed by atoms with Crippen LogP contribution in [0.5, 0.6) is 5.75 Å². The molecule has 0 fully saturated rings. The van der Waals surface area contributed by atoms with Crippen molar-refractivity contribution in [1.82, 2.24) is 5.43 Å². The monoisotopic (exact) mass is 455 g/mol. The topological polar surface area (TPSA) is 79.8 Å². The van der Waals surface area contributed by atoms with Gasteiger partial charge in [-0.15, -0.1) is 0 Å². The molecule has 0 aliphatic rings. The molecule has 0 heterocycles. The highest BCUT2D eigenvalue weighted by molar-refractivity contribution is 6.30. The Kier molecular flexibility index (Phi) is 8.44. The molecule has 2 aromatic rings. The van der Waals surface area contributed by atoms with Gasteiger partial charge in [0.25, 0.3) is 0 Å². The average Bonchev–Trinajstić information content (AvgIpc) is 2.67. The van der Waals surface area contributed by atoms with Crippen LogP contribution in [0.1, 0.15) is 37.8 Å². The number of rotatable bonds is 8. The predicted octanol–water partition coefficient (Wildman–Crippen LogP) is 5.02. The molecule has 0 radical (unpaired) electrons. The number of carbonyl (C=O) groups is 2. The summed E-state index contributed by atoms with van der Waals surface area (Å²) in [6.45, 7) is 3.73. The Morgan fingerprint density at radius 1 is 1.13 bits per heavy atom. The van der Waals surface area contributed by atoms with Crippen LogP contribution in [0.2, 0.25) is 5.02 Å². The van der Waals surface area contributed by atoms with E-state index in [4.69, 9.17) is 16.3 Å². The van der Waals surface area contributed by atoms with Crippen LogP contribution in [0.4, 0.5) is 18.9 Å². The Bertz CT molecular complexity index is 962. The number of halogens is 4. The summed E-state index contributed by atoms with van der Waals surface area (Å²) < 4.78 is 43.8. The average molecular weight is 456 g/mol. The van der Waals surface area contributed by atoms with Crippen molar-refractivity contribution in [2.75, 3.05) is 5.32 Å². The third-order valence-corrected chi connectivity index (χ3v) is 4.02. The maximum Gasteiger partial charge on any atom is 0.416 e. The van der Waals surface area contributed by atoms with Gasteiger partial charge in [0, 0.05) is 29.1 Å². The summed E-state index contributed by atoms with van der Waals surface area (Å²) in [6, 6.07) is 9.22. The Balaban J connectivity index is 1.86. The number of nitrogens with one attached hydrogen (secondary N) is 2. The quantitative estimate of drug-likeness (QED) is 0.433. The maximum absolute atomic E-state index is 12.7. The van der Waals surface area contributed by atoms with Crippen LogP contribution >= 0.6 is 11.6 Å². The number of hydrogen-bond donors (Lipinski definition) is 2. The van der Waals surface area contributed by atoms with Gasteiger partial charge in [-0.25, -0.2) is 5.43 Å². The third kappa shape index (κ3) is 8.29. The van der Waals surface area contributed by atoms with E-state index >= 15 is 0 Å². The molecule has 31 heavy (non-hydrogen) atoms. The van der Waals surface area contributed by atoms with E-state index in [9.17, 15) is 22.8 Å². The van der Waals surface area contributed by atoms with Gasteiger partial charge in [-0.05, 0) is 50.2 Å². The van der Waals surface area contributed by atoms with Crippen LogP contribution in [0.15, 0.2) is 47.6 Å². The first kappa shape index (κ1) is 24.2. The van der Waals surface area contributed by atoms with Gasteiger partial charge < -0.3 is 10.1 Å². The molecule has 2 N–H and O–H groups in total. The maximum atomic E-state index is 12.7. The van der Waals surface area contributed by atoms with Crippen molar-refractivity contribution >= 4 is 35.3 Å². The van der Waals surface area contributed by atoms with Crippen molar-refractivity contribution in [2.45, 2.75) is 39.0 Å². The number of ether oxygens (including phenoxy) is 1. The van der Waals surface area contributed by atoms with Gasteiger partial charge >= 0.3 is 6.18 Å². The van der Waals surface area contributed by atoms with Gasteiger partial charge in [0.1, 0.15) is 5.75 Å². The fourth-order valence-corrected chi connectivity index (χ4v) is 2.62. The van der Waals surface area contributed by atoms with E-state index in [1.165, 1.54) is 18.3 Å². The zero-order chi connectivity index (χ0) is 23.0. The van der Waals surface area contributed by atoms with Crippen molar-refractivity contribution in [2.24, 2.45) is 5.10 Å². The van der Waals surface area contributed by atoms with E-state index in [0.29, 0.717) is 16.3 Å². The lowest BCUT2D eigenvalue weighted by molar-refractivity contribution is -0.137. The SMILES string of the molecule is CC(C)Oc1ccc(Cl)cc1C=NNC(=O)CCC(=O)Nc1cccc(C(F)(F)F)c1. The third-order valence-electron chi connectivity index (χ3n) is 3.78. The van der Waals surface area contributed by atoms with Crippen LogP contribution in [0.3, 0.4) is 0 Å². The van der Waals surface area contributed by atoms with E-state index in [1.54, 1.807) is 18.2 Å². The molecule has 166 valence electrons. The standard InChI is InChI=1S/C21H21ClF3N3O3/c1-13(2)31-18-7-6-16(22)10-14(18)12-26-28-20(30)9-8-19(29)27-17-5-3-4-15(11-17)21(23,24)25/h3-7,10-13H,8-9H2,1-2H3,(H,27,29)(H,28,30). The number of hydrazone groups is 1. The summed E-state index contributed by atoms with van der Waals surface area (Å²) in [4.78, 5) is 23.8. The van der Waals surface area contributed by atoms with Crippen LogP contribution in [0.25, 0.3) is 0 Å². The second-order valence-corrected chi connectivity index (χ2v) is 7.21. The molecule has 0 unspecified atom stereocenters. The summed E-state index contributed by atoms with van der Waals surface area (Å²) in [5.74, 6) is -0.595. The Morgan fingerprint density at radius 3 is 2.52 bits per heavy atom. The lowest BCUT2D eigenvalue weighted by Crippen LogP contribution is -2.21. The second-order valence-electron chi connectivity index (χ2n) is 6.77. The van der Waals surface area contributed by atoms with Crippen LogP contribution in [0, 0.1) is 0 Å². The molecule has 0 atom stereocenters. The van der Waals surface area contributed by atoms with Gasteiger partial charge in [0.15, 0.2) is 0 Å². The van der Waals surface area contributed by atoms with E-state index < -0.39 is 23.6 Å². The van der Waals surface area contributed by atoms with Gasteiger partial charge in [-0.2, -0.15) is 18.3 Å². The Morgan fingerprint density at radius 2 is 1.84 bits per heavy atom. The van der Waals surface area contributed by atoms with Crippen LogP contribution < -0.4 is 15.5 Å². The summed E-state index contributed by atoms with van der Waals surface area (Å²) in [7, 11) is 0. The molecule has 6 nitrogen and oxygen atoms in total. The smallest absolute Gasteiger partial charge is 0.416 e. The lowest BCUT2D eigenvalue weighted by Gasteiger charge is -2.12. The van der Waals surface area contributed by atoms with Crippen molar-refractivity contribution < 1.29 is 27.5 Å². The number of nitrogens with zero attached hydrogens (tertiary/aromatic N) is 1. The van der Waals surface area contributed by atoms with Gasteiger partial charge in [0.05, 0.1) is 17.9 Å². The molecule has 0 aromatic heterocycles. The van der Waals surface area contributed by atoms with E-state index in [1.807, 2.05) is 13.8 Å². The molecule has 0 saturated carbocycles. The molecular formula is C21H21ClF3N3O3. The van der Waals surface area contributed by atoms with Crippen molar-refractivity contribution in [3.8, 4) is 5.75 Å². The van der Waals surface area contributed by atoms with Crippen LogP contribution in [-0.4, -0.2) is 24.1 Å². The zero-order valence-corrected chi connectivity index (χ0v) is 17.6. The number of anilines is 1. The number of alkyl halides is 3.